The molecular weight excluding hydrogens is 238 g/mol. The van der Waals surface area contributed by atoms with Crippen molar-refractivity contribution in [2.45, 2.75) is 0 Å². The maximum absolute atomic E-state index is 13.2. The summed E-state index contributed by atoms with van der Waals surface area (Å²) in [5.41, 5.74) is 6.99. The van der Waals surface area contributed by atoms with E-state index in [0.29, 0.717) is 12.1 Å². The maximum atomic E-state index is 13.2. The second-order valence-electron chi connectivity index (χ2n) is 2.79. The quantitative estimate of drug-likeness (QED) is 0.198. The Kier molecular flexibility index (Phi) is 4.18. The van der Waals surface area contributed by atoms with Crippen LogP contribution in [0.15, 0.2) is 17.2 Å². The third kappa shape index (κ3) is 3.28. The average molecular weight is 244 g/mol. The maximum Gasteiger partial charge on any atom is 0.307 e. The zero-order valence-electron chi connectivity index (χ0n) is 8.34. The van der Waals surface area contributed by atoms with E-state index in [4.69, 9.17) is 10.3 Å². The molecule has 0 spiro atoms. The van der Waals surface area contributed by atoms with E-state index in [-0.39, 0.29) is 13.2 Å². The number of nitrogens with zero attached hydrogens (tertiary/aromatic N) is 4. The van der Waals surface area contributed by atoms with Gasteiger partial charge in [0.1, 0.15) is 0 Å². The predicted molar refractivity (Wildman–Crippen MR) is 52.5 cm³/mol. The van der Waals surface area contributed by atoms with Crippen molar-refractivity contribution in [3.63, 3.8) is 0 Å². The predicted octanol–water partition coefficient (Wildman–Crippen LogP) is 2.56. The fourth-order valence-corrected chi connectivity index (χ4v) is 1.01. The standard InChI is InChI=1S/C8H6F2N4O3/c9-5-4-8(17-2-1-12-13-11)6(10)3-7(5)14(15)16/h3-4H,1-2H2. The molecule has 0 aliphatic rings. The summed E-state index contributed by atoms with van der Waals surface area (Å²) >= 11 is 0. The van der Waals surface area contributed by atoms with Crippen molar-refractivity contribution in [3.05, 3.63) is 44.3 Å². The molecule has 0 amide bonds. The molecular formula is C8H6F2N4O3. The molecule has 1 aromatic carbocycles. The normalized spacial score (nSPS) is 9.53. The SMILES string of the molecule is [N-]=[N+]=NCCOc1cc(F)c([N+](=O)[O-])cc1F. The van der Waals surface area contributed by atoms with Gasteiger partial charge in [0, 0.05) is 11.0 Å². The number of azide groups is 1. The van der Waals surface area contributed by atoms with Crippen LogP contribution in [0.4, 0.5) is 14.5 Å². The first-order valence-electron chi connectivity index (χ1n) is 4.33. The number of nitro groups is 1. The zero-order chi connectivity index (χ0) is 12.8. The van der Waals surface area contributed by atoms with Crippen molar-refractivity contribution in [2.24, 2.45) is 5.11 Å². The van der Waals surface area contributed by atoms with Crippen molar-refractivity contribution in [1.82, 2.24) is 0 Å². The van der Waals surface area contributed by atoms with Crippen LogP contribution in [-0.4, -0.2) is 18.1 Å². The van der Waals surface area contributed by atoms with Crippen LogP contribution in [0.2, 0.25) is 0 Å². The summed E-state index contributed by atoms with van der Waals surface area (Å²) in [6.07, 6.45) is 0. The van der Waals surface area contributed by atoms with Crippen molar-refractivity contribution in [2.75, 3.05) is 13.2 Å². The highest BCUT2D eigenvalue weighted by atomic mass is 19.1. The molecule has 0 aromatic heterocycles. The molecule has 0 fully saturated rings. The van der Waals surface area contributed by atoms with Gasteiger partial charge in [0.05, 0.1) is 24.1 Å². The van der Waals surface area contributed by atoms with Crippen LogP contribution in [0, 0.1) is 21.7 Å². The molecule has 0 bridgehead atoms. The van der Waals surface area contributed by atoms with E-state index in [1.807, 2.05) is 0 Å². The second-order valence-corrected chi connectivity index (χ2v) is 2.79. The number of hydrogen-bond acceptors (Lipinski definition) is 4. The van der Waals surface area contributed by atoms with Gasteiger partial charge in [0.15, 0.2) is 11.6 Å². The van der Waals surface area contributed by atoms with Gasteiger partial charge < -0.3 is 4.74 Å². The molecule has 0 saturated heterocycles. The molecule has 0 atom stereocenters. The van der Waals surface area contributed by atoms with Crippen molar-refractivity contribution >= 4 is 5.69 Å². The molecule has 0 heterocycles. The third-order valence-corrected chi connectivity index (χ3v) is 1.71. The summed E-state index contributed by atoms with van der Waals surface area (Å²) in [6.45, 7) is -0.215. The Morgan fingerprint density at radius 2 is 2.18 bits per heavy atom. The van der Waals surface area contributed by atoms with Crippen LogP contribution < -0.4 is 4.74 Å². The first-order valence-corrected chi connectivity index (χ1v) is 4.33. The Balaban J connectivity index is 2.84. The summed E-state index contributed by atoms with van der Waals surface area (Å²) in [5, 5.41) is 13.4. The summed E-state index contributed by atoms with van der Waals surface area (Å²) in [7, 11) is 0. The van der Waals surface area contributed by atoms with Gasteiger partial charge in [-0.2, -0.15) is 4.39 Å². The highest BCUT2D eigenvalue weighted by Crippen LogP contribution is 2.26. The summed E-state index contributed by atoms with van der Waals surface area (Å²) in [5.74, 6) is -2.73. The van der Waals surface area contributed by atoms with E-state index >= 15 is 0 Å². The van der Waals surface area contributed by atoms with Crippen LogP contribution in [0.1, 0.15) is 0 Å². The Morgan fingerprint density at radius 3 is 2.76 bits per heavy atom. The van der Waals surface area contributed by atoms with Gasteiger partial charge in [-0.05, 0) is 5.53 Å². The average Bonchev–Trinajstić information content (AvgIpc) is 2.28. The number of benzene rings is 1. The number of rotatable bonds is 5. The van der Waals surface area contributed by atoms with Crippen molar-refractivity contribution < 1.29 is 18.4 Å². The lowest BCUT2D eigenvalue weighted by atomic mass is 10.3. The topological polar surface area (TPSA) is 101 Å². The molecule has 7 nitrogen and oxygen atoms in total. The fourth-order valence-electron chi connectivity index (χ4n) is 1.01. The summed E-state index contributed by atoms with van der Waals surface area (Å²) in [6, 6.07) is 1.00. The Hall–Kier alpha value is -2.41. The highest BCUT2D eigenvalue weighted by Gasteiger charge is 2.19. The first-order chi connectivity index (χ1) is 8.06. The highest BCUT2D eigenvalue weighted by molar-refractivity contribution is 5.39. The molecule has 1 aromatic rings. The van der Waals surface area contributed by atoms with Crippen LogP contribution in [0.25, 0.3) is 10.4 Å². The molecule has 1 rings (SSSR count). The third-order valence-electron chi connectivity index (χ3n) is 1.71. The van der Waals surface area contributed by atoms with Crippen molar-refractivity contribution in [1.29, 1.82) is 0 Å². The lowest BCUT2D eigenvalue weighted by molar-refractivity contribution is -0.387. The molecule has 17 heavy (non-hydrogen) atoms. The number of nitro benzene ring substituents is 1. The molecule has 0 unspecified atom stereocenters. The lowest BCUT2D eigenvalue weighted by Crippen LogP contribution is -2.03. The van der Waals surface area contributed by atoms with Crippen molar-refractivity contribution in [3.8, 4) is 5.75 Å². The van der Waals surface area contributed by atoms with Crippen LogP contribution in [-0.2, 0) is 0 Å². The minimum Gasteiger partial charge on any atom is -0.490 e. The van der Waals surface area contributed by atoms with Gasteiger partial charge in [0.2, 0.25) is 5.82 Å². The largest absolute Gasteiger partial charge is 0.490 e. The molecule has 90 valence electrons. The van der Waals surface area contributed by atoms with Gasteiger partial charge in [-0.3, -0.25) is 10.1 Å². The number of ether oxygens (including phenoxy) is 1. The van der Waals surface area contributed by atoms with E-state index in [2.05, 4.69) is 10.0 Å². The first kappa shape index (κ1) is 12.7. The van der Waals surface area contributed by atoms with Crippen LogP contribution >= 0.6 is 0 Å². The van der Waals surface area contributed by atoms with Gasteiger partial charge in [-0.1, -0.05) is 5.11 Å². The minimum absolute atomic E-state index is 0.0610. The van der Waals surface area contributed by atoms with E-state index in [1.54, 1.807) is 0 Å². The molecule has 0 radical (unpaired) electrons. The Morgan fingerprint density at radius 1 is 1.47 bits per heavy atom. The van der Waals surface area contributed by atoms with Crippen LogP contribution in [0.3, 0.4) is 0 Å². The molecule has 0 N–H and O–H groups in total. The molecule has 0 saturated carbocycles. The van der Waals surface area contributed by atoms with E-state index in [1.165, 1.54) is 0 Å². The monoisotopic (exact) mass is 244 g/mol. The number of hydrogen-bond donors (Lipinski definition) is 0. The molecule has 0 aliphatic heterocycles. The van der Waals surface area contributed by atoms with E-state index < -0.39 is 28.0 Å². The van der Waals surface area contributed by atoms with E-state index in [0.717, 1.165) is 0 Å². The second kappa shape index (κ2) is 5.61. The lowest BCUT2D eigenvalue weighted by Gasteiger charge is -2.05. The van der Waals surface area contributed by atoms with Crippen LogP contribution in [0.5, 0.6) is 5.75 Å². The Labute approximate surface area is 93.4 Å². The van der Waals surface area contributed by atoms with Gasteiger partial charge in [-0.25, -0.2) is 4.39 Å². The zero-order valence-corrected chi connectivity index (χ0v) is 8.34. The van der Waals surface area contributed by atoms with Gasteiger partial charge in [0.25, 0.3) is 0 Å². The Bertz CT molecular complexity index is 488. The number of halogens is 2. The minimum atomic E-state index is -1.20. The molecule has 0 aliphatic carbocycles. The van der Waals surface area contributed by atoms with Gasteiger partial charge >= 0.3 is 5.69 Å². The van der Waals surface area contributed by atoms with Gasteiger partial charge in [-0.15, -0.1) is 0 Å². The molecule has 9 heteroatoms. The fraction of sp³-hybridized carbons (Fsp3) is 0.250. The van der Waals surface area contributed by atoms with E-state index in [9.17, 15) is 18.9 Å². The summed E-state index contributed by atoms with van der Waals surface area (Å²) < 4.78 is 31.0. The summed E-state index contributed by atoms with van der Waals surface area (Å²) in [4.78, 5) is 11.7. The smallest absolute Gasteiger partial charge is 0.307 e.